The Bertz CT molecular complexity index is 474. The van der Waals surface area contributed by atoms with Gasteiger partial charge in [-0.1, -0.05) is 30.3 Å². The molecule has 0 radical (unpaired) electrons. The summed E-state index contributed by atoms with van der Waals surface area (Å²) in [6, 6.07) is 9.60. The van der Waals surface area contributed by atoms with Crippen LogP contribution in [0.2, 0.25) is 0 Å². The molecule has 2 fully saturated rings. The zero-order valence-corrected chi connectivity index (χ0v) is 15.0. The van der Waals surface area contributed by atoms with Crippen molar-refractivity contribution >= 4 is 30.7 Å². The van der Waals surface area contributed by atoms with Gasteiger partial charge in [-0.25, -0.2) is 0 Å². The number of piperazine rings is 1. The van der Waals surface area contributed by atoms with E-state index < -0.39 is 6.04 Å². The average molecular weight is 360 g/mol. The van der Waals surface area contributed by atoms with Crippen LogP contribution >= 0.6 is 24.8 Å². The number of halogens is 2. The van der Waals surface area contributed by atoms with Crippen LogP contribution in [0.4, 0.5) is 0 Å². The van der Waals surface area contributed by atoms with Gasteiger partial charge in [-0.3, -0.25) is 9.69 Å². The smallest absolute Gasteiger partial charge is 0.239 e. The second-order valence-corrected chi connectivity index (χ2v) is 6.37. The number of rotatable bonds is 5. The van der Waals surface area contributed by atoms with E-state index in [9.17, 15) is 4.79 Å². The minimum atomic E-state index is -0.414. The molecular weight excluding hydrogens is 333 g/mol. The first-order valence-corrected chi connectivity index (χ1v) is 8.03. The maximum atomic E-state index is 12.4. The molecule has 2 N–H and O–H groups in total. The van der Waals surface area contributed by atoms with Crippen LogP contribution in [-0.4, -0.2) is 54.5 Å². The molecule has 1 aromatic rings. The summed E-state index contributed by atoms with van der Waals surface area (Å²) in [6.07, 6.45) is 3.41. The number of nitrogens with two attached hydrogens (primary N) is 1. The van der Waals surface area contributed by atoms with Crippen molar-refractivity contribution in [2.75, 3.05) is 32.7 Å². The Morgan fingerprint density at radius 3 is 2.26 bits per heavy atom. The van der Waals surface area contributed by atoms with Gasteiger partial charge in [0.25, 0.3) is 0 Å². The first kappa shape index (κ1) is 20.2. The summed E-state index contributed by atoms with van der Waals surface area (Å²) in [4.78, 5) is 16.9. The van der Waals surface area contributed by atoms with Crippen LogP contribution in [0.1, 0.15) is 18.4 Å². The first-order valence-electron chi connectivity index (χ1n) is 8.03. The predicted octanol–water partition coefficient (Wildman–Crippen LogP) is 1.95. The van der Waals surface area contributed by atoms with E-state index >= 15 is 0 Å². The summed E-state index contributed by atoms with van der Waals surface area (Å²) in [7, 11) is 0. The standard InChI is InChI=1S/C17H25N3O.2ClH/c18-16(12-14-4-2-1-3-5-14)17(21)20-10-8-19(9-11-20)13-15-6-7-15;;/h1-5,15-16H,6-13,18H2;2*1H/t16-;;/m0../s1. The van der Waals surface area contributed by atoms with Crippen molar-refractivity contribution in [1.82, 2.24) is 9.80 Å². The zero-order chi connectivity index (χ0) is 14.7. The van der Waals surface area contributed by atoms with Crippen LogP contribution < -0.4 is 5.73 Å². The third kappa shape index (κ3) is 5.96. The third-order valence-corrected chi connectivity index (χ3v) is 4.51. The van der Waals surface area contributed by atoms with Crippen molar-refractivity contribution in [2.45, 2.75) is 25.3 Å². The highest BCUT2D eigenvalue weighted by Gasteiger charge is 2.29. The summed E-state index contributed by atoms with van der Waals surface area (Å²) in [5.74, 6) is 1.03. The molecule has 2 aliphatic rings. The van der Waals surface area contributed by atoms with Crippen LogP contribution in [-0.2, 0) is 11.2 Å². The van der Waals surface area contributed by atoms with Crippen molar-refractivity contribution in [3.05, 3.63) is 35.9 Å². The minimum absolute atomic E-state index is 0. The molecule has 0 spiro atoms. The Kier molecular flexibility index (Phi) is 8.34. The van der Waals surface area contributed by atoms with Gasteiger partial charge in [-0.15, -0.1) is 24.8 Å². The lowest BCUT2D eigenvalue weighted by molar-refractivity contribution is -0.134. The van der Waals surface area contributed by atoms with E-state index in [1.807, 2.05) is 35.2 Å². The SMILES string of the molecule is Cl.Cl.N[C@@H](Cc1ccccc1)C(=O)N1CCN(CC2CC2)CC1. The first-order chi connectivity index (χ1) is 10.2. The molecular formula is C17H27Cl2N3O. The molecule has 3 rings (SSSR count). The molecule has 130 valence electrons. The molecule has 1 saturated carbocycles. The largest absolute Gasteiger partial charge is 0.339 e. The summed E-state index contributed by atoms with van der Waals surface area (Å²) in [5.41, 5.74) is 7.23. The zero-order valence-electron chi connectivity index (χ0n) is 13.4. The van der Waals surface area contributed by atoms with Gasteiger partial charge in [0.2, 0.25) is 5.91 Å². The van der Waals surface area contributed by atoms with Gasteiger partial charge in [0.05, 0.1) is 6.04 Å². The summed E-state index contributed by atoms with van der Waals surface area (Å²) in [5, 5.41) is 0. The van der Waals surface area contributed by atoms with Gasteiger partial charge in [-0.05, 0) is 30.7 Å². The molecule has 1 atom stereocenters. The molecule has 1 heterocycles. The van der Waals surface area contributed by atoms with E-state index in [1.165, 1.54) is 19.4 Å². The fraction of sp³-hybridized carbons (Fsp3) is 0.588. The van der Waals surface area contributed by atoms with Crippen molar-refractivity contribution in [3.8, 4) is 0 Å². The van der Waals surface area contributed by atoms with Crippen molar-refractivity contribution in [2.24, 2.45) is 11.7 Å². The van der Waals surface area contributed by atoms with E-state index in [1.54, 1.807) is 0 Å². The molecule has 1 aromatic carbocycles. The molecule has 0 aromatic heterocycles. The van der Waals surface area contributed by atoms with E-state index in [2.05, 4.69) is 4.90 Å². The van der Waals surface area contributed by atoms with Crippen molar-refractivity contribution in [3.63, 3.8) is 0 Å². The Balaban J connectivity index is 0.00000132. The van der Waals surface area contributed by atoms with E-state index in [4.69, 9.17) is 5.73 Å². The number of hydrogen-bond donors (Lipinski definition) is 1. The van der Waals surface area contributed by atoms with Crippen LogP contribution in [0.25, 0.3) is 0 Å². The Morgan fingerprint density at radius 2 is 1.70 bits per heavy atom. The van der Waals surface area contributed by atoms with Crippen LogP contribution in [0, 0.1) is 5.92 Å². The lowest BCUT2D eigenvalue weighted by Crippen LogP contribution is -2.53. The molecule has 1 aliphatic heterocycles. The average Bonchev–Trinajstić information content (AvgIpc) is 3.32. The van der Waals surface area contributed by atoms with Crippen LogP contribution in [0.15, 0.2) is 30.3 Å². The van der Waals surface area contributed by atoms with E-state index in [-0.39, 0.29) is 30.7 Å². The Hall–Kier alpha value is -0.810. The topological polar surface area (TPSA) is 49.6 Å². The van der Waals surface area contributed by atoms with Crippen LogP contribution in [0.5, 0.6) is 0 Å². The van der Waals surface area contributed by atoms with Gasteiger partial charge < -0.3 is 10.6 Å². The minimum Gasteiger partial charge on any atom is -0.339 e. The molecule has 4 nitrogen and oxygen atoms in total. The summed E-state index contributed by atoms with van der Waals surface area (Å²) >= 11 is 0. The fourth-order valence-electron chi connectivity index (χ4n) is 3.01. The maximum absolute atomic E-state index is 12.4. The molecule has 1 amide bonds. The second kappa shape index (κ2) is 9.48. The van der Waals surface area contributed by atoms with Gasteiger partial charge >= 0.3 is 0 Å². The van der Waals surface area contributed by atoms with Crippen molar-refractivity contribution in [1.29, 1.82) is 0 Å². The highest BCUT2D eigenvalue weighted by molar-refractivity contribution is 5.85. The predicted molar refractivity (Wildman–Crippen MR) is 98.4 cm³/mol. The fourth-order valence-corrected chi connectivity index (χ4v) is 3.01. The molecule has 0 unspecified atom stereocenters. The number of amides is 1. The van der Waals surface area contributed by atoms with Gasteiger partial charge in [0.1, 0.15) is 0 Å². The van der Waals surface area contributed by atoms with Gasteiger partial charge in [-0.2, -0.15) is 0 Å². The Labute approximate surface area is 151 Å². The van der Waals surface area contributed by atoms with Crippen LogP contribution in [0.3, 0.4) is 0 Å². The van der Waals surface area contributed by atoms with E-state index in [0.29, 0.717) is 6.42 Å². The lowest BCUT2D eigenvalue weighted by atomic mass is 10.1. The van der Waals surface area contributed by atoms with Gasteiger partial charge in [0.15, 0.2) is 0 Å². The highest BCUT2D eigenvalue weighted by Crippen LogP contribution is 2.29. The maximum Gasteiger partial charge on any atom is 0.239 e. The monoisotopic (exact) mass is 359 g/mol. The van der Waals surface area contributed by atoms with Gasteiger partial charge in [0, 0.05) is 32.7 Å². The Morgan fingerprint density at radius 1 is 1.09 bits per heavy atom. The number of carbonyl (C=O) groups excluding carboxylic acids is 1. The molecule has 0 bridgehead atoms. The second-order valence-electron chi connectivity index (χ2n) is 6.37. The number of benzene rings is 1. The normalized spacial score (nSPS) is 19.4. The summed E-state index contributed by atoms with van der Waals surface area (Å²) < 4.78 is 0. The lowest BCUT2D eigenvalue weighted by Gasteiger charge is -2.36. The number of nitrogens with zero attached hydrogens (tertiary/aromatic N) is 2. The summed E-state index contributed by atoms with van der Waals surface area (Å²) in [6.45, 7) is 4.88. The molecule has 1 saturated heterocycles. The molecule has 1 aliphatic carbocycles. The number of carbonyl (C=O) groups is 1. The molecule has 23 heavy (non-hydrogen) atoms. The highest BCUT2D eigenvalue weighted by atomic mass is 35.5. The molecule has 6 heteroatoms. The quantitative estimate of drug-likeness (QED) is 0.873. The number of hydrogen-bond acceptors (Lipinski definition) is 3. The van der Waals surface area contributed by atoms with E-state index in [0.717, 1.165) is 37.7 Å². The van der Waals surface area contributed by atoms with Crippen molar-refractivity contribution < 1.29 is 4.79 Å². The third-order valence-electron chi connectivity index (χ3n) is 4.51.